The Morgan fingerprint density at radius 2 is 1.78 bits per heavy atom. The Kier molecular flexibility index (Phi) is 3.24. The number of aromatic amines is 1. The molecule has 4 aromatic rings. The fourth-order valence-corrected chi connectivity index (χ4v) is 3.49. The first-order valence-corrected chi connectivity index (χ1v) is 8.09. The molecule has 4 rings (SSSR count). The molecule has 0 aliphatic heterocycles. The van der Waals surface area contributed by atoms with Crippen molar-refractivity contribution in [2.24, 2.45) is 0 Å². The maximum absolute atomic E-state index is 11.9. The van der Waals surface area contributed by atoms with E-state index in [0.29, 0.717) is 9.20 Å². The lowest BCUT2D eigenvalue weighted by Gasteiger charge is -2.04. The van der Waals surface area contributed by atoms with Crippen LogP contribution in [0.2, 0.25) is 0 Å². The number of nitrogens with zero attached hydrogens (tertiary/aromatic N) is 1. The zero-order chi connectivity index (χ0) is 15.8. The Morgan fingerprint density at radius 1 is 1.04 bits per heavy atom. The third-order valence-electron chi connectivity index (χ3n) is 3.77. The van der Waals surface area contributed by atoms with E-state index in [1.165, 1.54) is 11.3 Å². The Morgan fingerprint density at radius 3 is 2.52 bits per heavy atom. The third kappa shape index (κ3) is 2.43. The van der Waals surface area contributed by atoms with Crippen LogP contribution in [0, 0.1) is 0 Å². The van der Waals surface area contributed by atoms with Gasteiger partial charge in [0.1, 0.15) is 0 Å². The first kappa shape index (κ1) is 13.8. The maximum Gasteiger partial charge on any atom is 0.266 e. The SMILES string of the molecule is C=c1[nH]c(=O)/c(=C/c2cn(-c3ccccc3)c3ccccc23)s1. The molecule has 23 heavy (non-hydrogen) atoms. The molecule has 2 heterocycles. The molecule has 0 saturated heterocycles. The average molecular weight is 318 g/mol. The van der Waals surface area contributed by atoms with Crippen molar-refractivity contribution in [2.75, 3.05) is 0 Å². The Hall–Kier alpha value is -2.85. The predicted octanol–water partition coefficient (Wildman–Crippen LogP) is 2.62. The van der Waals surface area contributed by atoms with Crippen LogP contribution >= 0.6 is 11.3 Å². The van der Waals surface area contributed by atoms with Crippen LogP contribution < -0.4 is 14.8 Å². The zero-order valence-electron chi connectivity index (χ0n) is 12.3. The molecule has 0 radical (unpaired) electrons. The maximum atomic E-state index is 11.9. The van der Waals surface area contributed by atoms with Crippen molar-refractivity contribution in [3.63, 3.8) is 0 Å². The third-order valence-corrected chi connectivity index (χ3v) is 4.65. The van der Waals surface area contributed by atoms with Crippen molar-refractivity contribution in [1.82, 2.24) is 9.55 Å². The molecule has 1 N–H and O–H groups in total. The fraction of sp³-hybridized carbons (Fsp3) is 0. The Balaban J connectivity index is 2.03. The normalized spacial score (nSPS) is 12.1. The predicted molar refractivity (Wildman–Crippen MR) is 96.6 cm³/mol. The van der Waals surface area contributed by atoms with Gasteiger partial charge >= 0.3 is 0 Å². The summed E-state index contributed by atoms with van der Waals surface area (Å²) in [5.74, 6) is 0. The second-order valence-electron chi connectivity index (χ2n) is 5.30. The van der Waals surface area contributed by atoms with E-state index in [4.69, 9.17) is 0 Å². The lowest BCUT2D eigenvalue weighted by molar-refractivity contribution is 1.13. The zero-order valence-corrected chi connectivity index (χ0v) is 13.1. The first-order chi connectivity index (χ1) is 11.2. The van der Waals surface area contributed by atoms with E-state index in [1.807, 2.05) is 36.4 Å². The molecule has 0 aliphatic carbocycles. The minimum Gasteiger partial charge on any atom is -0.316 e. The van der Waals surface area contributed by atoms with Gasteiger partial charge < -0.3 is 9.55 Å². The number of hydrogen-bond acceptors (Lipinski definition) is 2. The summed E-state index contributed by atoms with van der Waals surface area (Å²) >= 11 is 1.38. The monoisotopic (exact) mass is 318 g/mol. The van der Waals surface area contributed by atoms with E-state index in [1.54, 1.807) is 0 Å². The Labute approximate surface area is 136 Å². The Bertz CT molecular complexity index is 1150. The molecule has 2 aromatic carbocycles. The molecule has 0 atom stereocenters. The van der Waals surface area contributed by atoms with Gasteiger partial charge in [0.25, 0.3) is 5.56 Å². The highest BCUT2D eigenvalue weighted by Crippen LogP contribution is 2.25. The van der Waals surface area contributed by atoms with E-state index < -0.39 is 0 Å². The lowest BCUT2D eigenvalue weighted by atomic mass is 10.2. The number of hydrogen-bond donors (Lipinski definition) is 1. The molecular weight excluding hydrogens is 304 g/mol. The van der Waals surface area contributed by atoms with Gasteiger partial charge in [0.2, 0.25) is 0 Å². The van der Waals surface area contributed by atoms with Crippen LogP contribution in [0.15, 0.2) is 65.6 Å². The largest absolute Gasteiger partial charge is 0.316 e. The van der Waals surface area contributed by atoms with Crippen LogP contribution in [0.25, 0.3) is 29.2 Å². The summed E-state index contributed by atoms with van der Waals surface area (Å²) in [4.78, 5) is 14.7. The van der Waals surface area contributed by atoms with Gasteiger partial charge in [-0.3, -0.25) is 4.79 Å². The van der Waals surface area contributed by atoms with Gasteiger partial charge in [-0.2, -0.15) is 0 Å². The number of nitrogens with one attached hydrogen (secondary N) is 1. The highest BCUT2D eigenvalue weighted by atomic mass is 32.1. The van der Waals surface area contributed by atoms with Gasteiger partial charge in [0.15, 0.2) is 0 Å². The van der Waals surface area contributed by atoms with Crippen molar-refractivity contribution in [3.05, 3.63) is 85.9 Å². The van der Waals surface area contributed by atoms with Gasteiger partial charge in [-0.15, -0.1) is 11.3 Å². The van der Waals surface area contributed by atoms with E-state index >= 15 is 0 Å². The minimum atomic E-state index is -0.0865. The number of H-pyrrole nitrogens is 1. The van der Waals surface area contributed by atoms with Crippen LogP contribution in [0.5, 0.6) is 0 Å². The number of benzene rings is 2. The summed E-state index contributed by atoms with van der Waals surface area (Å²) in [5, 5.41) is 1.12. The minimum absolute atomic E-state index is 0.0865. The van der Waals surface area contributed by atoms with Crippen LogP contribution in [0.4, 0.5) is 0 Å². The standard InChI is InChI=1S/C19H14N2OS/c1-13-20-19(22)18(23-13)11-14-12-21(15-7-3-2-4-8-15)17-10-6-5-9-16(14)17/h2-12H,1H2,(H,20,22)/b18-11-. The van der Waals surface area contributed by atoms with Gasteiger partial charge in [-0.05, 0) is 24.3 Å². The summed E-state index contributed by atoms with van der Waals surface area (Å²) in [5.41, 5.74) is 3.16. The van der Waals surface area contributed by atoms with Crippen LogP contribution in [0.1, 0.15) is 5.56 Å². The van der Waals surface area contributed by atoms with E-state index in [0.717, 1.165) is 22.2 Å². The molecule has 0 unspecified atom stereocenters. The molecule has 0 aliphatic rings. The van der Waals surface area contributed by atoms with Crippen molar-refractivity contribution in [2.45, 2.75) is 0 Å². The smallest absolute Gasteiger partial charge is 0.266 e. The van der Waals surface area contributed by atoms with Crippen molar-refractivity contribution in [3.8, 4) is 5.69 Å². The molecule has 2 aromatic heterocycles. The number of para-hydroxylation sites is 2. The van der Waals surface area contributed by atoms with Gasteiger partial charge in [-0.1, -0.05) is 43.0 Å². The van der Waals surface area contributed by atoms with Crippen molar-refractivity contribution in [1.29, 1.82) is 0 Å². The summed E-state index contributed by atoms with van der Waals surface area (Å²) < 4.78 is 3.49. The number of rotatable bonds is 2. The molecule has 0 bridgehead atoms. The molecule has 0 fully saturated rings. The second kappa shape index (κ2) is 5.41. The van der Waals surface area contributed by atoms with Gasteiger partial charge in [0, 0.05) is 22.8 Å². The summed E-state index contributed by atoms with van der Waals surface area (Å²) in [6.07, 6.45) is 4.00. The van der Waals surface area contributed by atoms with Crippen LogP contribution in [-0.4, -0.2) is 9.55 Å². The second-order valence-corrected chi connectivity index (χ2v) is 6.43. The molecule has 112 valence electrons. The van der Waals surface area contributed by atoms with Gasteiger partial charge in [-0.25, -0.2) is 0 Å². The number of fused-ring (bicyclic) bond motifs is 1. The first-order valence-electron chi connectivity index (χ1n) is 7.28. The molecule has 4 heteroatoms. The van der Waals surface area contributed by atoms with E-state index in [2.05, 4.69) is 46.6 Å². The van der Waals surface area contributed by atoms with Crippen molar-refractivity contribution < 1.29 is 0 Å². The van der Waals surface area contributed by atoms with Crippen molar-refractivity contribution >= 4 is 34.9 Å². The lowest BCUT2D eigenvalue weighted by Crippen LogP contribution is -2.19. The summed E-state index contributed by atoms with van der Waals surface area (Å²) in [6.45, 7) is 3.80. The number of thiazole rings is 1. The van der Waals surface area contributed by atoms with E-state index in [-0.39, 0.29) is 5.56 Å². The topological polar surface area (TPSA) is 37.8 Å². The highest BCUT2D eigenvalue weighted by molar-refractivity contribution is 7.07. The summed E-state index contributed by atoms with van der Waals surface area (Å²) in [6, 6.07) is 18.4. The molecule has 0 saturated carbocycles. The molecule has 0 spiro atoms. The quantitative estimate of drug-likeness (QED) is 0.606. The molecule has 0 amide bonds. The fourth-order valence-electron chi connectivity index (χ4n) is 2.75. The molecular formula is C19H14N2OS. The highest BCUT2D eigenvalue weighted by Gasteiger charge is 2.08. The van der Waals surface area contributed by atoms with E-state index in [9.17, 15) is 4.79 Å². The van der Waals surface area contributed by atoms with Crippen LogP contribution in [0.3, 0.4) is 0 Å². The van der Waals surface area contributed by atoms with Gasteiger partial charge in [0.05, 0.1) is 14.7 Å². The van der Waals surface area contributed by atoms with Crippen LogP contribution in [-0.2, 0) is 0 Å². The summed E-state index contributed by atoms with van der Waals surface area (Å²) in [7, 11) is 0. The number of aromatic nitrogens is 2. The molecule has 3 nitrogen and oxygen atoms in total. The average Bonchev–Trinajstić information content (AvgIpc) is 3.09.